The number of halogens is 1. The van der Waals surface area contributed by atoms with Crippen molar-refractivity contribution >= 4 is 22.1 Å². The van der Waals surface area contributed by atoms with Gasteiger partial charge in [-0.05, 0) is 17.7 Å². The maximum Gasteiger partial charge on any atom is 0.0654 e. The van der Waals surface area contributed by atoms with E-state index in [4.69, 9.17) is 0 Å². The number of benzene rings is 1. The van der Waals surface area contributed by atoms with Gasteiger partial charge in [-0.2, -0.15) is 0 Å². The highest BCUT2D eigenvalue weighted by molar-refractivity contribution is 9.10. The fraction of sp³-hybridized carbons (Fsp3) is 0.0769. The Morgan fingerprint density at radius 3 is 2.81 bits per heavy atom. The van der Waals surface area contributed by atoms with Gasteiger partial charge in [0.2, 0.25) is 0 Å². The number of aliphatic imine (C=N–C) groups is 1. The number of pyridine rings is 1. The minimum absolute atomic E-state index is 0.662. The van der Waals surface area contributed by atoms with Crippen LogP contribution < -0.4 is 0 Å². The van der Waals surface area contributed by atoms with E-state index in [1.807, 2.05) is 48.8 Å². The van der Waals surface area contributed by atoms with Crippen LogP contribution in [0.4, 0.5) is 0 Å². The quantitative estimate of drug-likeness (QED) is 0.787. The summed E-state index contributed by atoms with van der Waals surface area (Å²) < 4.78 is 1.06. The Kier molecular flexibility index (Phi) is 3.83. The fourth-order valence-corrected chi connectivity index (χ4v) is 1.71. The zero-order valence-corrected chi connectivity index (χ0v) is 10.3. The molecule has 2 aromatic rings. The van der Waals surface area contributed by atoms with Crippen LogP contribution in [0.1, 0.15) is 11.1 Å². The van der Waals surface area contributed by atoms with Crippen molar-refractivity contribution in [2.75, 3.05) is 0 Å². The fourth-order valence-electron chi connectivity index (χ4n) is 1.32. The first kappa shape index (κ1) is 11.0. The third kappa shape index (κ3) is 3.00. The van der Waals surface area contributed by atoms with Gasteiger partial charge in [-0.1, -0.05) is 40.2 Å². The summed E-state index contributed by atoms with van der Waals surface area (Å²) >= 11 is 3.48. The van der Waals surface area contributed by atoms with Gasteiger partial charge >= 0.3 is 0 Å². The molecule has 80 valence electrons. The molecule has 0 unspecified atom stereocenters. The first-order valence-electron chi connectivity index (χ1n) is 4.99. The van der Waals surface area contributed by atoms with Crippen LogP contribution in [-0.4, -0.2) is 11.2 Å². The van der Waals surface area contributed by atoms with Crippen molar-refractivity contribution in [3.05, 3.63) is 64.4 Å². The molecule has 0 saturated carbocycles. The number of nitrogens with zero attached hydrogens (tertiary/aromatic N) is 2. The van der Waals surface area contributed by atoms with Gasteiger partial charge in [0, 0.05) is 28.6 Å². The zero-order valence-electron chi connectivity index (χ0n) is 8.68. The molecular weight excluding hydrogens is 264 g/mol. The molecule has 1 heterocycles. The molecule has 0 radical (unpaired) electrons. The zero-order chi connectivity index (χ0) is 11.2. The lowest BCUT2D eigenvalue weighted by Gasteiger charge is -1.97. The second-order valence-corrected chi connectivity index (χ2v) is 4.21. The summed E-state index contributed by atoms with van der Waals surface area (Å²) in [4.78, 5) is 8.42. The lowest BCUT2D eigenvalue weighted by Crippen LogP contribution is -1.86. The van der Waals surface area contributed by atoms with Crippen LogP contribution >= 0.6 is 15.9 Å². The largest absolute Gasteiger partial charge is 0.288 e. The molecule has 0 atom stereocenters. The summed E-state index contributed by atoms with van der Waals surface area (Å²) in [5.41, 5.74) is 2.21. The average Bonchev–Trinajstić information content (AvgIpc) is 2.33. The smallest absolute Gasteiger partial charge is 0.0654 e. The topological polar surface area (TPSA) is 25.2 Å². The lowest BCUT2D eigenvalue weighted by molar-refractivity contribution is 1.05. The highest BCUT2D eigenvalue weighted by Crippen LogP contribution is 2.13. The van der Waals surface area contributed by atoms with Crippen LogP contribution in [0.2, 0.25) is 0 Å². The Labute approximate surface area is 103 Å². The number of hydrogen-bond donors (Lipinski definition) is 0. The molecule has 1 aromatic carbocycles. The highest BCUT2D eigenvalue weighted by atomic mass is 79.9. The standard InChI is InChI=1S/C13H11BrN2/c14-13-6-2-1-5-12(13)10-16-9-11-4-3-7-15-8-11/h1-8,10H,9H2. The molecule has 0 amide bonds. The van der Waals surface area contributed by atoms with E-state index in [2.05, 4.69) is 25.9 Å². The Morgan fingerprint density at radius 1 is 1.19 bits per heavy atom. The van der Waals surface area contributed by atoms with Gasteiger partial charge in [-0.15, -0.1) is 0 Å². The minimum atomic E-state index is 0.662. The van der Waals surface area contributed by atoms with Crippen molar-refractivity contribution in [1.82, 2.24) is 4.98 Å². The second-order valence-electron chi connectivity index (χ2n) is 3.35. The molecule has 0 spiro atoms. The van der Waals surface area contributed by atoms with Crippen molar-refractivity contribution < 1.29 is 0 Å². The third-order valence-electron chi connectivity index (χ3n) is 2.13. The molecule has 16 heavy (non-hydrogen) atoms. The van der Waals surface area contributed by atoms with Crippen LogP contribution in [0.25, 0.3) is 0 Å². The van der Waals surface area contributed by atoms with Gasteiger partial charge in [0.05, 0.1) is 6.54 Å². The summed E-state index contributed by atoms with van der Waals surface area (Å²) in [6.07, 6.45) is 5.47. The predicted molar refractivity (Wildman–Crippen MR) is 69.7 cm³/mol. The Morgan fingerprint density at radius 2 is 2.06 bits per heavy atom. The van der Waals surface area contributed by atoms with E-state index in [0.29, 0.717) is 6.54 Å². The molecule has 2 nitrogen and oxygen atoms in total. The van der Waals surface area contributed by atoms with Gasteiger partial charge in [-0.3, -0.25) is 9.98 Å². The Hall–Kier alpha value is -1.48. The van der Waals surface area contributed by atoms with Gasteiger partial charge < -0.3 is 0 Å². The van der Waals surface area contributed by atoms with E-state index in [0.717, 1.165) is 15.6 Å². The van der Waals surface area contributed by atoms with Crippen molar-refractivity contribution in [1.29, 1.82) is 0 Å². The third-order valence-corrected chi connectivity index (χ3v) is 2.85. The molecule has 0 aliphatic heterocycles. The van der Waals surface area contributed by atoms with E-state index >= 15 is 0 Å². The lowest BCUT2D eigenvalue weighted by atomic mass is 10.2. The summed E-state index contributed by atoms with van der Waals surface area (Å²) in [5.74, 6) is 0. The van der Waals surface area contributed by atoms with Crippen LogP contribution in [0.5, 0.6) is 0 Å². The number of hydrogen-bond acceptors (Lipinski definition) is 2. The van der Waals surface area contributed by atoms with Crippen LogP contribution in [0.3, 0.4) is 0 Å². The average molecular weight is 275 g/mol. The molecule has 0 aliphatic rings. The first-order valence-corrected chi connectivity index (χ1v) is 5.79. The van der Waals surface area contributed by atoms with Crippen molar-refractivity contribution in [2.45, 2.75) is 6.54 Å². The van der Waals surface area contributed by atoms with E-state index in [1.165, 1.54) is 0 Å². The number of aromatic nitrogens is 1. The molecule has 2 rings (SSSR count). The van der Waals surface area contributed by atoms with Crippen LogP contribution in [0, 0.1) is 0 Å². The van der Waals surface area contributed by atoms with E-state index in [1.54, 1.807) is 6.20 Å². The van der Waals surface area contributed by atoms with Crippen molar-refractivity contribution in [2.24, 2.45) is 4.99 Å². The molecule has 0 N–H and O–H groups in total. The van der Waals surface area contributed by atoms with E-state index in [9.17, 15) is 0 Å². The minimum Gasteiger partial charge on any atom is -0.288 e. The maximum atomic E-state index is 4.38. The highest BCUT2D eigenvalue weighted by Gasteiger charge is 1.93. The monoisotopic (exact) mass is 274 g/mol. The summed E-state index contributed by atoms with van der Waals surface area (Å²) in [7, 11) is 0. The first-order chi connectivity index (χ1) is 7.86. The number of rotatable bonds is 3. The molecule has 3 heteroatoms. The van der Waals surface area contributed by atoms with Gasteiger partial charge in [0.1, 0.15) is 0 Å². The molecular formula is C13H11BrN2. The van der Waals surface area contributed by atoms with Gasteiger partial charge in [0.25, 0.3) is 0 Å². The Balaban J connectivity index is 2.03. The van der Waals surface area contributed by atoms with Crippen LogP contribution in [-0.2, 0) is 6.54 Å². The van der Waals surface area contributed by atoms with Crippen molar-refractivity contribution in [3.8, 4) is 0 Å². The van der Waals surface area contributed by atoms with E-state index in [-0.39, 0.29) is 0 Å². The van der Waals surface area contributed by atoms with Gasteiger partial charge in [0.15, 0.2) is 0 Å². The normalized spacial score (nSPS) is 10.8. The SMILES string of the molecule is Brc1ccccc1C=NCc1cccnc1. The Bertz CT molecular complexity index is 480. The molecule has 0 bridgehead atoms. The summed E-state index contributed by atoms with van der Waals surface area (Å²) in [6.45, 7) is 0.662. The molecule has 0 aliphatic carbocycles. The van der Waals surface area contributed by atoms with Gasteiger partial charge in [-0.25, -0.2) is 0 Å². The van der Waals surface area contributed by atoms with Crippen LogP contribution in [0.15, 0.2) is 58.3 Å². The summed E-state index contributed by atoms with van der Waals surface area (Å²) in [5, 5.41) is 0. The molecule has 0 fully saturated rings. The summed E-state index contributed by atoms with van der Waals surface area (Å²) in [6, 6.07) is 12.0. The van der Waals surface area contributed by atoms with Crippen molar-refractivity contribution in [3.63, 3.8) is 0 Å². The van der Waals surface area contributed by atoms with E-state index < -0.39 is 0 Å². The maximum absolute atomic E-state index is 4.38. The molecule has 1 aromatic heterocycles. The second kappa shape index (κ2) is 5.56. The molecule has 0 saturated heterocycles. The predicted octanol–water partition coefficient (Wildman–Crippen LogP) is 3.46.